The monoisotopic (exact) mass is 396 g/mol. The molecule has 2 aromatic rings. The topological polar surface area (TPSA) is 81.4 Å². The molecule has 2 saturated heterocycles. The van der Waals surface area contributed by atoms with Gasteiger partial charge < -0.3 is 14.2 Å². The predicted octanol–water partition coefficient (Wildman–Crippen LogP) is 3.43. The number of carbonyl (C=O) groups excluding carboxylic acids is 1. The molecule has 0 aromatic carbocycles. The second-order valence-corrected chi connectivity index (χ2v) is 8.78. The van der Waals surface area contributed by atoms with E-state index in [2.05, 4.69) is 15.0 Å². The van der Waals surface area contributed by atoms with E-state index in [0.717, 1.165) is 51.0 Å². The SMILES string of the molecule is O=C(C1CCCCC1)N1C[C@@H](c2nc(-c3cccnc3)no2)C2(CCOCC2)C1. The van der Waals surface area contributed by atoms with Crippen molar-refractivity contribution in [1.82, 2.24) is 20.0 Å². The number of aromatic nitrogens is 3. The Morgan fingerprint density at radius 2 is 2.00 bits per heavy atom. The van der Waals surface area contributed by atoms with Crippen molar-refractivity contribution in [2.24, 2.45) is 11.3 Å². The molecule has 1 atom stereocenters. The lowest BCUT2D eigenvalue weighted by Gasteiger charge is -2.36. The molecular weight excluding hydrogens is 368 g/mol. The maximum Gasteiger partial charge on any atom is 0.232 e. The van der Waals surface area contributed by atoms with Crippen LogP contribution in [0.15, 0.2) is 29.0 Å². The Morgan fingerprint density at radius 3 is 2.76 bits per heavy atom. The second kappa shape index (κ2) is 7.86. The number of pyridine rings is 1. The molecule has 154 valence electrons. The maximum atomic E-state index is 13.2. The van der Waals surface area contributed by atoms with Crippen LogP contribution in [0.5, 0.6) is 0 Å². The molecule has 0 unspecified atom stereocenters. The van der Waals surface area contributed by atoms with E-state index in [0.29, 0.717) is 24.2 Å². The van der Waals surface area contributed by atoms with Crippen molar-refractivity contribution in [3.8, 4) is 11.4 Å². The van der Waals surface area contributed by atoms with Gasteiger partial charge in [0.2, 0.25) is 17.6 Å². The highest BCUT2D eigenvalue weighted by Gasteiger charge is 2.52. The number of amides is 1. The van der Waals surface area contributed by atoms with E-state index < -0.39 is 0 Å². The summed E-state index contributed by atoms with van der Waals surface area (Å²) in [5.74, 6) is 1.78. The molecular formula is C22H28N4O3. The van der Waals surface area contributed by atoms with Crippen molar-refractivity contribution in [3.63, 3.8) is 0 Å². The van der Waals surface area contributed by atoms with Gasteiger partial charge in [0.05, 0.1) is 5.92 Å². The molecule has 7 nitrogen and oxygen atoms in total. The first kappa shape index (κ1) is 18.7. The minimum atomic E-state index is -0.0265. The fourth-order valence-electron chi connectivity index (χ4n) is 5.36. The first-order valence-corrected chi connectivity index (χ1v) is 10.9. The summed E-state index contributed by atoms with van der Waals surface area (Å²) < 4.78 is 11.4. The van der Waals surface area contributed by atoms with Gasteiger partial charge in [0.25, 0.3) is 0 Å². The van der Waals surface area contributed by atoms with Gasteiger partial charge in [-0.1, -0.05) is 24.4 Å². The van der Waals surface area contributed by atoms with Gasteiger partial charge in [0.15, 0.2) is 0 Å². The molecule has 0 radical (unpaired) electrons. The molecule has 1 amide bonds. The Hall–Kier alpha value is -2.28. The van der Waals surface area contributed by atoms with Crippen LogP contribution in [-0.4, -0.2) is 52.2 Å². The third kappa shape index (κ3) is 3.56. The minimum Gasteiger partial charge on any atom is -0.381 e. The highest BCUT2D eigenvalue weighted by Crippen LogP contribution is 2.49. The van der Waals surface area contributed by atoms with Crippen LogP contribution in [-0.2, 0) is 9.53 Å². The molecule has 29 heavy (non-hydrogen) atoms. The van der Waals surface area contributed by atoms with Gasteiger partial charge in [-0.3, -0.25) is 9.78 Å². The Morgan fingerprint density at radius 1 is 1.17 bits per heavy atom. The molecule has 2 aliphatic heterocycles. The Kier molecular flexibility index (Phi) is 5.08. The molecule has 1 saturated carbocycles. The molecule has 3 aliphatic rings. The van der Waals surface area contributed by atoms with Gasteiger partial charge in [-0.2, -0.15) is 4.98 Å². The van der Waals surface area contributed by atoms with Gasteiger partial charge in [-0.05, 0) is 37.8 Å². The summed E-state index contributed by atoms with van der Waals surface area (Å²) >= 11 is 0. The first-order valence-electron chi connectivity index (χ1n) is 10.9. The zero-order valence-electron chi connectivity index (χ0n) is 16.8. The summed E-state index contributed by atoms with van der Waals surface area (Å²) in [5, 5.41) is 4.21. The summed E-state index contributed by atoms with van der Waals surface area (Å²) in [5.41, 5.74) is 0.818. The average Bonchev–Trinajstić information content (AvgIpc) is 3.40. The van der Waals surface area contributed by atoms with Crippen LogP contribution in [0.2, 0.25) is 0 Å². The molecule has 5 rings (SSSR count). The number of hydrogen-bond acceptors (Lipinski definition) is 6. The predicted molar refractivity (Wildman–Crippen MR) is 106 cm³/mol. The van der Waals surface area contributed by atoms with Crippen molar-refractivity contribution in [1.29, 1.82) is 0 Å². The van der Waals surface area contributed by atoms with E-state index in [9.17, 15) is 4.79 Å². The molecule has 7 heteroatoms. The zero-order valence-corrected chi connectivity index (χ0v) is 16.8. The number of ether oxygens (including phenoxy) is 1. The largest absolute Gasteiger partial charge is 0.381 e. The highest BCUT2D eigenvalue weighted by atomic mass is 16.5. The number of rotatable bonds is 3. The van der Waals surface area contributed by atoms with E-state index in [1.165, 1.54) is 19.3 Å². The lowest BCUT2D eigenvalue weighted by molar-refractivity contribution is -0.136. The summed E-state index contributed by atoms with van der Waals surface area (Å²) in [6, 6.07) is 3.80. The number of carbonyl (C=O) groups is 1. The first-order chi connectivity index (χ1) is 14.3. The Labute approximate surface area is 170 Å². The van der Waals surface area contributed by atoms with Gasteiger partial charge in [0.1, 0.15) is 0 Å². The zero-order chi connectivity index (χ0) is 19.7. The summed E-state index contributed by atoms with van der Waals surface area (Å²) in [7, 11) is 0. The molecule has 0 N–H and O–H groups in total. The van der Waals surface area contributed by atoms with Crippen LogP contribution in [0.4, 0.5) is 0 Å². The van der Waals surface area contributed by atoms with E-state index in [1.807, 2.05) is 12.1 Å². The third-order valence-electron chi connectivity index (χ3n) is 7.06. The van der Waals surface area contributed by atoms with E-state index in [1.54, 1.807) is 12.4 Å². The summed E-state index contributed by atoms with van der Waals surface area (Å²) in [6.45, 7) is 2.90. The van der Waals surface area contributed by atoms with Crippen LogP contribution in [0, 0.1) is 11.3 Å². The average molecular weight is 396 g/mol. The smallest absolute Gasteiger partial charge is 0.232 e. The van der Waals surface area contributed by atoms with Crippen molar-refractivity contribution >= 4 is 5.91 Å². The molecule has 1 aliphatic carbocycles. The highest BCUT2D eigenvalue weighted by molar-refractivity contribution is 5.79. The lowest BCUT2D eigenvalue weighted by atomic mass is 9.72. The lowest BCUT2D eigenvalue weighted by Crippen LogP contribution is -2.39. The summed E-state index contributed by atoms with van der Waals surface area (Å²) in [4.78, 5) is 24.2. The van der Waals surface area contributed by atoms with Crippen LogP contribution in [0.3, 0.4) is 0 Å². The van der Waals surface area contributed by atoms with Crippen LogP contribution in [0.1, 0.15) is 56.8 Å². The van der Waals surface area contributed by atoms with Crippen molar-refractivity contribution in [2.45, 2.75) is 50.9 Å². The standard InChI is InChI=1S/C22H28N4O3/c27-21(16-5-2-1-3-6-16)26-14-18(22(15-26)8-11-28-12-9-22)20-24-19(25-29-20)17-7-4-10-23-13-17/h4,7,10,13,16,18H,1-3,5-6,8-9,11-12,14-15H2/t18-/m0/s1. The number of likely N-dealkylation sites (tertiary alicyclic amines) is 1. The fraction of sp³-hybridized carbons (Fsp3) is 0.636. The quantitative estimate of drug-likeness (QED) is 0.791. The third-order valence-corrected chi connectivity index (χ3v) is 7.06. The molecule has 3 fully saturated rings. The van der Waals surface area contributed by atoms with Crippen LogP contribution in [0.25, 0.3) is 11.4 Å². The maximum absolute atomic E-state index is 13.2. The molecule has 1 spiro atoms. The van der Waals surface area contributed by atoms with Gasteiger partial charge in [-0.15, -0.1) is 0 Å². The summed E-state index contributed by atoms with van der Waals surface area (Å²) in [6.07, 6.45) is 11.0. The van der Waals surface area contributed by atoms with Gasteiger partial charge >= 0.3 is 0 Å². The molecule has 0 bridgehead atoms. The molecule has 2 aromatic heterocycles. The van der Waals surface area contributed by atoms with E-state index in [-0.39, 0.29) is 17.3 Å². The van der Waals surface area contributed by atoms with Crippen molar-refractivity contribution < 1.29 is 14.1 Å². The van der Waals surface area contributed by atoms with Gasteiger partial charge in [0, 0.05) is 55.6 Å². The van der Waals surface area contributed by atoms with Gasteiger partial charge in [-0.25, -0.2) is 0 Å². The fourth-order valence-corrected chi connectivity index (χ4v) is 5.36. The Balaban J connectivity index is 1.41. The Bertz CT molecular complexity index is 841. The van der Waals surface area contributed by atoms with Crippen LogP contribution < -0.4 is 0 Å². The molecule has 4 heterocycles. The van der Waals surface area contributed by atoms with E-state index >= 15 is 0 Å². The number of hydrogen-bond donors (Lipinski definition) is 0. The normalized spacial score (nSPS) is 24.8. The van der Waals surface area contributed by atoms with E-state index in [4.69, 9.17) is 14.2 Å². The van der Waals surface area contributed by atoms with Crippen molar-refractivity contribution in [3.05, 3.63) is 30.4 Å². The van der Waals surface area contributed by atoms with Crippen molar-refractivity contribution in [2.75, 3.05) is 26.3 Å². The number of nitrogens with zero attached hydrogens (tertiary/aromatic N) is 4. The minimum absolute atomic E-state index is 0.0265. The van der Waals surface area contributed by atoms with Crippen LogP contribution >= 0.6 is 0 Å². The second-order valence-electron chi connectivity index (χ2n) is 8.78.